The summed E-state index contributed by atoms with van der Waals surface area (Å²) >= 11 is 0. The van der Waals surface area contributed by atoms with E-state index in [4.69, 9.17) is 5.41 Å². The Labute approximate surface area is 146 Å². The minimum atomic E-state index is 0.167. The highest BCUT2D eigenvalue weighted by Crippen LogP contribution is 2.32. The van der Waals surface area contributed by atoms with E-state index in [1.807, 2.05) is 42.2 Å². The summed E-state index contributed by atoms with van der Waals surface area (Å²) in [5, 5.41) is 19.1. The number of amidine groups is 1. The number of nitrogens with one attached hydrogen (secondary N) is 2. The van der Waals surface area contributed by atoms with Gasteiger partial charge >= 0.3 is 0 Å². The molecule has 4 rings (SSSR count). The number of rotatable bonds is 2. The predicted molar refractivity (Wildman–Crippen MR) is 101 cm³/mol. The third-order valence-electron chi connectivity index (χ3n) is 4.84. The van der Waals surface area contributed by atoms with Crippen molar-refractivity contribution in [1.29, 1.82) is 5.41 Å². The third-order valence-corrected chi connectivity index (χ3v) is 4.84. The molecule has 0 bridgehead atoms. The molecule has 0 atom stereocenters. The number of aliphatic hydroxyl groups excluding tert-OH is 1. The fraction of sp³-hybridized carbons (Fsp3) is 0.200. The molecule has 0 fully saturated rings. The number of aromatic amines is 1. The molecule has 0 saturated heterocycles. The van der Waals surface area contributed by atoms with Crippen LogP contribution in [0.15, 0.2) is 42.2 Å². The van der Waals surface area contributed by atoms with Gasteiger partial charge in [0.25, 0.3) is 0 Å². The Hall–Kier alpha value is -3.08. The Balaban J connectivity index is 1.77. The Morgan fingerprint density at radius 1 is 1.08 bits per heavy atom. The number of nitrogens with zero attached hydrogens (tertiary/aromatic N) is 2. The molecule has 3 N–H and O–H groups in total. The first-order valence-electron chi connectivity index (χ1n) is 8.27. The number of para-hydroxylation sites is 1. The van der Waals surface area contributed by atoms with E-state index in [1.54, 1.807) is 0 Å². The van der Waals surface area contributed by atoms with Gasteiger partial charge in [0.1, 0.15) is 17.4 Å². The molecular formula is C20H20N4O. The van der Waals surface area contributed by atoms with Gasteiger partial charge in [0.05, 0.1) is 23.2 Å². The molecule has 3 aromatic rings. The van der Waals surface area contributed by atoms with E-state index in [2.05, 4.69) is 29.9 Å². The number of hydrogen-bond acceptors (Lipinski definition) is 3. The third kappa shape index (κ3) is 2.39. The van der Waals surface area contributed by atoms with Gasteiger partial charge in [0, 0.05) is 5.69 Å². The summed E-state index contributed by atoms with van der Waals surface area (Å²) < 4.78 is 0. The lowest BCUT2D eigenvalue weighted by molar-refractivity contribution is 0.411. The van der Waals surface area contributed by atoms with Crippen LogP contribution in [-0.2, 0) is 0 Å². The minimum absolute atomic E-state index is 0.167. The zero-order valence-electron chi connectivity index (χ0n) is 14.5. The molecule has 2 aromatic carbocycles. The molecule has 1 aliphatic heterocycles. The summed E-state index contributed by atoms with van der Waals surface area (Å²) in [6.45, 7) is 6.40. The molecule has 25 heavy (non-hydrogen) atoms. The van der Waals surface area contributed by atoms with Crippen molar-refractivity contribution in [3.8, 4) is 0 Å². The van der Waals surface area contributed by atoms with Gasteiger partial charge in [-0.2, -0.15) is 0 Å². The highest BCUT2D eigenvalue weighted by atomic mass is 16.3. The lowest BCUT2D eigenvalue weighted by atomic mass is 10.1. The lowest BCUT2D eigenvalue weighted by Crippen LogP contribution is -2.26. The van der Waals surface area contributed by atoms with Crippen LogP contribution in [0.3, 0.4) is 0 Å². The summed E-state index contributed by atoms with van der Waals surface area (Å²) in [5.74, 6) is 0.971. The van der Waals surface area contributed by atoms with Gasteiger partial charge in [-0.1, -0.05) is 18.2 Å². The molecular weight excluding hydrogens is 312 g/mol. The van der Waals surface area contributed by atoms with Gasteiger partial charge in [-0.25, -0.2) is 4.98 Å². The first kappa shape index (κ1) is 15.4. The maximum absolute atomic E-state index is 10.5. The highest BCUT2D eigenvalue weighted by molar-refractivity contribution is 6.30. The van der Waals surface area contributed by atoms with E-state index in [0.717, 1.165) is 22.3 Å². The predicted octanol–water partition coefficient (Wildman–Crippen LogP) is 4.25. The normalized spacial score (nSPS) is 14.8. The Morgan fingerprint density at radius 2 is 1.80 bits per heavy atom. The highest BCUT2D eigenvalue weighted by Gasteiger charge is 2.31. The maximum Gasteiger partial charge on any atom is 0.145 e. The molecule has 0 saturated carbocycles. The molecule has 1 aliphatic rings. The van der Waals surface area contributed by atoms with Crippen LogP contribution in [0.5, 0.6) is 0 Å². The first-order chi connectivity index (χ1) is 12.0. The Bertz CT molecular complexity index is 1010. The van der Waals surface area contributed by atoms with Gasteiger partial charge in [-0.15, -0.1) is 0 Å². The molecule has 0 amide bonds. The Kier molecular flexibility index (Phi) is 3.39. The second-order valence-corrected chi connectivity index (χ2v) is 6.58. The number of H-pyrrole nitrogens is 1. The molecule has 5 nitrogen and oxygen atoms in total. The average Bonchev–Trinajstić information content (AvgIpc) is 3.08. The van der Waals surface area contributed by atoms with Crippen molar-refractivity contribution in [2.75, 3.05) is 11.4 Å². The van der Waals surface area contributed by atoms with E-state index < -0.39 is 0 Å². The van der Waals surface area contributed by atoms with E-state index in [-0.39, 0.29) is 18.1 Å². The topological polar surface area (TPSA) is 76.0 Å². The van der Waals surface area contributed by atoms with Crippen LogP contribution < -0.4 is 4.90 Å². The van der Waals surface area contributed by atoms with Crippen LogP contribution in [-0.4, -0.2) is 27.5 Å². The molecule has 2 heterocycles. The largest absolute Gasteiger partial charge is 0.509 e. The van der Waals surface area contributed by atoms with Gasteiger partial charge in [-0.3, -0.25) is 5.41 Å². The van der Waals surface area contributed by atoms with Crippen LogP contribution in [0.1, 0.15) is 22.5 Å². The number of benzene rings is 2. The SMILES string of the molecule is Cc1cc2nc(C3=C(O)CN(c4ccccc4C)C3=N)[nH]c2cc1C. The molecule has 1 aromatic heterocycles. The van der Waals surface area contributed by atoms with Crippen molar-refractivity contribution in [3.63, 3.8) is 0 Å². The number of anilines is 1. The molecule has 5 heteroatoms. The smallest absolute Gasteiger partial charge is 0.145 e. The molecule has 126 valence electrons. The number of fused-ring (bicyclic) bond motifs is 1. The number of aryl methyl sites for hydroxylation is 3. The standard InChI is InChI=1S/C20H20N4O/c1-11-6-4-5-7-16(11)24-10-17(25)18(19(24)21)20-22-14-8-12(2)13(3)9-15(14)23-20/h4-9,21,25H,10H2,1-3H3,(H,22,23). The zero-order chi connectivity index (χ0) is 17.7. The number of aromatic nitrogens is 2. The van der Waals surface area contributed by atoms with Crippen molar-refractivity contribution in [2.45, 2.75) is 20.8 Å². The number of aliphatic hydroxyl groups is 1. The quantitative estimate of drug-likeness (QED) is 0.656. The van der Waals surface area contributed by atoms with Gasteiger partial charge in [0.2, 0.25) is 0 Å². The Morgan fingerprint density at radius 3 is 2.56 bits per heavy atom. The van der Waals surface area contributed by atoms with E-state index in [0.29, 0.717) is 11.4 Å². The summed E-state index contributed by atoms with van der Waals surface area (Å²) in [4.78, 5) is 9.67. The van der Waals surface area contributed by atoms with Gasteiger partial charge in [0.15, 0.2) is 0 Å². The fourth-order valence-corrected chi connectivity index (χ4v) is 3.29. The average molecular weight is 332 g/mol. The second-order valence-electron chi connectivity index (χ2n) is 6.58. The van der Waals surface area contributed by atoms with Gasteiger partial charge < -0.3 is 15.0 Å². The molecule has 0 spiro atoms. The van der Waals surface area contributed by atoms with Gasteiger partial charge in [-0.05, 0) is 55.7 Å². The van der Waals surface area contributed by atoms with Crippen LogP contribution >= 0.6 is 0 Å². The van der Waals surface area contributed by atoms with E-state index in [1.165, 1.54) is 11.1 Å². The van der Waals surface area contributed by atoms with Crippen LogP contribution in [0.4, 0.5) is 5.69 Å². The maximum atomic E-state index is 10.5. The molecule has 0 radical (unpaired) electrons. The van der Waals surface area contributed by atoms with Crippen molar-refractivity contribution < 1.29 is 5.11 Å². The lowest BCUT2D eigenvalue weighted by Gasteiger charge is -2.20. The molecule has 0 aliphatic carbocycles. The summed E-state index contributed by atoms with van der Waals surface area (Å²) in [6.07, 6.45) is 0. The second kappa shape index (κ2) is 5.48. The monoisotopic (exact) mass is 332 g/mol. The van der Waals surface area contributed by atoms with Crippen molar-refractivity contribution >= 4 is 28.1 Å². The minimum Gasteiger partial charge on any atom is -0.509 e. The summed E-state index contributed by atoms with van der Waals surface area (Å²) in [5.41, 5.74) is 6.58. The fourth-order valence-electron chi connectivity index (χ4n) is 3.29. The van der Waals surface area contributed by atoms with Crippen molar-refractivity contribution in [2.24, 2.45) is 0 Å². The van der Waals surface area contributed by atoms with Crippen LogP contribution in [0, 0.1) is 26.2 Å². The van der Waals surface area contributed by atoms with Crippen molar-refractivity contribution in [1.82, 2.24) is 9.97 Å². The summed E-state index contributed by atoms with van der Waals surface area (Å²) in [6, 6.07) is 12.0. The summed E-state index contributed by atoms with van der Waals surface area (Å²) in [7, 11) is 0. The van der Waals surface area contributed by atoms with Crippen LogP contribution in [0.25, 0.3) is 16.6 Å². The number of hydrogen-bond donors (Lipinski definition) is 3. The van der Waals surface area contributed by atoms with Crippen LogP contribution in [0.2, 0.25) is 0 Å². The zero-order valence-corrected chi connectivity index (χ0v) is 14.5. The van der Waals surface area contributed by atoms with E-state index in [9.17, 15) is 5.11 Å². The van der Waals surface area contributed by atoms with Crippen molar-refractivity contribution in [3.05, 3.63) is 64.7 Å². The first-order valence-corrected chi connectivity index (χ1v) is 8.27. The molecule has 0 unspecified atom stereocenters. The number of imidazole rings is 1. The van der Waals surface area contributed by atoms with E-state index >= 15 is 0 Å².